The zero-order valence-corrected chi connectivity index (χ0v) is 17.9. The Bertz CT molecular complexity index is 893. The maximum atomic E-state index is 13.2. The number of amides is 1. The summed E-state index contributed by atoms with van der Waals surface area (Å²) in [6, 6.07) is 11.7. The number of fused-ring (bicyclic) bond motifs is 1. The van der Waals surface area contributed by atoms with Gasteiger partial charge in [-0.05, 0) is 61.8 Å². The zero-order valence-electron chi connectivity index (χ0n) is 17.9. The standard InChI is InChI=1S/C24H30N2O4/c1-28-22-9-7-19(15-23(22)29-2)24(27)26-12-13-30-21-8-6-18(14-20(21)17-26)16-25-10-4-3-5-11-25/h6-9,14-15H,3-5,10-13,16-17H2,1-2H3. The lowest BCUT2D eigenvalue weighted by Crippen LogP contribution is -2.32. The molecule has 2 aliphatic rings. The number of piperidine rings is 1. The minimum absolute atomic E-state index is 0.0335. The first kappa shape index (κ1) is 20.5. The average molecular weight is 411 g/mol. The highest BCUT2D eigenvalue weighted by molar-refractivity contribution is 5.95. The number of carbonyl (C=O) groups excluding carboxylic acids is 1. The molecule has 0 aliphatic carbocycles. The van der Waals surface area contributed by atoms with Crippen molar-refractivity contribution in [2.24, 2.45) is 0 Å². The monoisotopic (exact) mass is 410 g/mol. The highest BCUT2D eigenvalue weighted by Gasteiger charge is 2.23. The Morgan fingerprint density at radius 1 is 0.967 bits per heavy atom. The van der Waals surface area contributed by atoms with E-state index in [1.165, 1.54) is 24.8 Å². The van der Waals surface area contributed by atoms with Crippen LogP contribution < -0.4 is 14.2 Å². The Morgan fingerprint density at radius 2 is 1.77 bits per heavy atom. The van der Waals surface area contributed by atoms with Gasteiger partial charge in [-0.2, -0.15) is 0 Å². The van der Waals surface area contributed by atoms with Crippen LogP contribution in [0.5, 0.6) is 17.2 Å². The largest absolute Gasteiger partial charge is 0.493 e. The smallest absolute Gasteiger partial charge is 0.254 e. The SMILES string of the molecule is COc1ccc(C(=O)N2CCOc3ccc(CN4CCCCC4)cc3C2)cc1OC. The topological polar surface area (TPSA) is 51.2 Å². The number of nitrogens with zero attached hydrogens (tertiary/aromatic N) is 2. The van der Waals surface area contributed by atoms with Crippen molar-refractivity contribution in [2.45, 2.75) is 32.4 Å². The number of carbonyl (C=O) groups is 1. The van der Waals surface area contributed by atoms with Gasteiger partial charge in [-0.1, -0.05) is 12.5 Å². The van der Waals surface area contributed by atoms with Crippen LogP contribution in [0.15, 0.2) is 36.4 Å². The predicted molar refractivity (Wildman–Crippen MR) is 115 cm³/mol. The van der Waals surface area contributed by atoms with Crippen molar-refractivity contribution < 1.29 is 19.0 Å². The van der Waals surface area contributed by atoms with E-state index in [1.54, 1.807) is 32.4 Å². The molecule has 0 atom stereocenters. The summed E-state index contributed by atoms with van der Waals surface area (Å²) >= 11 is 0. The van der Waals surface area contributed by atoms with E-state index in [0.717, 1.165) is 30.9 Å². The van der Waals surface area contributed by atoms with E-state index in [2.05, 4.69) is 23.1 Å². The molecule has 0 spiro atoms. The van der Waals surface area contributed by atoms with E-state index in [-0.39, 0.29) is 5.91 Å². The van der Waals surface area contributed by atoms with Gasteiger partial charge in [0.05, 0.1) is 20.8 Å². The van der Waals surface area contributed by atoms with E-state index >= 15 is 0 Å². The third-order valence-corrected chi connectivity index (χ3v) is 5.88. The number of hydrogen-bond donors (Lipinski definition) is 0. The van der Waals surface area contributed by atoms with Crippen molar-refractivity contribution in [2.75, 3.05) is 40.5 Å². The Morgan fingerprint density at radius 3 is 2.53 bits per heavy atom. The molecule has 1 fully saturated rings. The summed E-state index contributed by atoms with van der Waals surface area (Å²) in [4.78, 5) is 17.6. The van der Waals surface area contributed by atoms with Gasteiger partial charge in [0.25, 0.3) is 5.91 Å². The molecule has 0 saturated carbocycles. The van der Waals surface area contributed by atoms with Crippen LogP contribution in [0.25, 0.3) is 0 Å². The summed E-state index contributed by atoms with van der Waals surface area (Å²) in [6.07, 6.45) is 3.89. The molecule has 2 aliphatic heterocycles. The summed E-state index contributed by atoms with van der Waals surface area (Å²) in [7, 11) is 3.16. The lowest BCUT2D eigenvalue weighted by Gasteiger charge is -2.26. The first-order valence-electron chi connectivity index (χ1n) is 10.7. The lowest BCUT2D eigenvalue weighted by atomic mass is 10.1. The van der Waals surface area contributed by atoms with Crippen molar-refractivity contribution in [1.29, 1.82) is 0 Å². The molecule has 0 radical (unpaired) electrons. The number of methoxy groups -OCH3 is 2. The van der Waals surface area contributed by atoms with Gasteiger partial charge in [0.2, 0.25) is 0 Å². The van der Waals surface area contributed by atoms with Crippen LogP contribution in [-0.4, -0.2) is 56.2 Å². The van der Waals surface area contributed by atoms with Crippen LogP contribution >= 0.6 is 0 Å². The summed E-state index contributed by atoms with van der Waals surface area (Å²) < 4.78 is 16.6. The van der Waals surface area contributed by atoms with Crippen molar-refractivity contribution in [1.82, 2.24) is 9.80 Å². The zero-order chi connectivity index (χ0) is 20.9. The van der Waals surface area contributed by atoms with Gasteiger partial charge in [-0.3, -0.25) is 9.69 Å². The number of benzene rings is 2. The summed E-state index contributed by atoms with van der Waals surface area (Å²) in [5.74, 6) is 2.01. The summed E-state index contributed by atoms with van der Waals surface area (Å²) in [5.41, 5.74) is 2.93. The van der Waals surface area contributed by atoms with Crippen molar-refractivity contribution in [3.8, 4) is 17.2 Å². The van der Waals surface area contributed by atoms with Crippen molar-refractivity contribution >= 4 is 5.91 Å². The molecule has 2 heterocycles. The lowest BCUT2D eigenvalue weighted by molar-refractivity contribution is 0.0732. The molecule has 0 N–H and O–H groups in total. The molecule has 30 heavy (non-hydrogen) atoms. The van der Waals surface area contributed by atoms with E-state index in [1.807, 2.05) is 4.90 Å². The summed E-state index contributed by atoms with van der Waals surface area (Å²) in [6.45, 7) is 4.85. The highest BCUT2D eigenvalue weighted by Crippen LogP contribution is 2.30. The molecule has 1 saturated heterocycles. The number of ether oxygens (including phenoxy) is 3. The second-order valence-corrected chi connectivity index (χ2v) is 7.92. The fourth-order valence-electron chi connectivity index (χ4n) is 4.25. The minimum Gasteiger partial charge on any atom is -0.493 e. The van der Waals surface area contributed by atoms with Gasteiger partial charge < -0.3 is 19.1 Å². The average Bonchev–Trinajstić information content (AvgIpc) is 3.01. The highest BCUT2D eigenvalue weighted by atomic mass is 16.5. The van der Waals surface area contributed by atoms with E-state index in [9.17, 15) is 4.79 Å². The Hall–Kier alpha value is -2.73. The second kappa shape index (κ2) is 9.39. The third kappa shape index (κ3) is 4.54. The Kier molecular flexibility index (Phi) is 6.43. The number of likely N-dealkylation sites (tertiary alicyclic amines) is 1. The summed E-state index contributed by atoms with van der Waals surface area (Å²) in [5, 5.41) is 0. The van der Waals surface area contributed by atoms with Gasteiger partial charge >= 0.3 is 0 Å². The Balaban J connectivity index is 1.52. The molecule has 2 aromatic carbocycles. The maximum absolute atomic E-state index is 13.2. The van der Waals surface area contributed by atoms with Gasteiger partial charge in [0.1, 0.15) is 12.4 Å². The number of rotatable bonds is 5. The van der Waals surface area contributed by atoms with Gasteiger partial charge in [0.15, 0.2) is 11.5 Å². The van der Waals surface area contributed by atoms with Crippen molar-refractivity contribution in [3.05, 3.63) is 53.1 Å². The van der Waals surface area contributed by atoms with Crippen LogP contribution in [0.1, 0.15) is 40.7 Å². The van der Waals surface area contributed by atoms with Crippen LogP contribution in [0.4, 0.5) is 0 Å². The molecule has 2 aromatic rings. The molecule has 6 nitrogen and oxygen atoms in total. The third-order valence-electron chi connectivity index (χ3n) is 5.88. The molecule has 1 amide bonds. The van der Waals surface area contributed by atoms with Crippen LogP contribution in [-0.2, 0) is 13.1 Å². The molecule has 6 heteroatoms. The van der Waals surface area contributed by atoms with Gasteiger partial charge in [-0.25, -0.2) is 0 Å². The maximum Gasteiger partial charge on any atom is 0.254 e. The van der Waals surface area contributed by atoms with Crippen LogP contribution in [0, 0.1) is 0 Å². The molecule has 0 bridgehead atoms. The van der Waals surface area contributed by atoms with E-state index < -0.39 is 0 Å². The van der Waals surface area contributed by atoms with E-state index in [4.69, 9.17) is 14.2 Å². The normalized spacial score (nSPS) is 16.9. The Labute approximate surface area is 178 Å². The second-order valence-electron chi connectivity index (χ2n) is 7.92. The first-order chi connectivity index (χ1) is 14.7. The van der Waals surface area contributed by atoms with Crippen LogP contribution in [0.3, 0.4) is 0 Å². The van der Waals surface area contributed by atoms with Gasteiger partial charge in [0, 0.05) is 24.2 Å². The number of hydrogen-bond acceptors (Lipinski definition) is 5. The quantitative estimate of drug-likeness (QED) is 0.752. The fraction of sp³-hybridized carbons (Fsp3) is 0.458. The molecular weight excluding hydrogens is 380 g/mol. The van der Waals surface area contributed by atoms with E-state index in [0.29, 0.717) is 36.8 Å². The molecular formula is C24H30N2O4. The predicted octanol–water partition coefficient (Wildman–Crippen LogP) is 3.72. The molecule has 0 unspecified atom stereocenters. The van der Waals surface area contributed by atoms with Crippen LogP contribution in [0.2, 0.25) is 0 Å². The fourth-order valence-corrected chi connectivity index (χ4v) is 4.25. The minimum atomic E-state index is -0.0335. The molecule has 160 valence electrons. The molecule has 0 aromatic heterocycles. The molecule has 4 rings (SSSR count). The first-order valence-corrected chi connectivity index (χ1v) is 10.7. The van der Waals surface area contributed by atoms with Crippen molar-refractivity contribution in [3.63, 3.8) is 0 Å². The van der Waals surface area contributed by atoms with Gasteiger partial charge in [-0.15, -0.1) is 0 Å².